The van der Waals surface area contributed by atoms with Crippen LogP contribution in [-0.4, -0.2) is 59.6 Å². The van der Waals surface area contributed by atoms with E-state index in [1.54, 1.807) is 31.3 Å². The molecule has 182 valence electrons. The van der Waals surface area contributed by atoms with E-state index in [0.717, 1.165) is 33.7 Å². The zero-order valence-electron chi connectivity index (χ0n) is 20.9. The number of carboxylic acids is 1. The first-order valence-corrected chi connectivity index (χ1v) is 11.1. The fraction of sp³-hybridized carbons (Fsp3) is 0.280. The second-order valence-corrected chi connectivity index (χ2v) is 7.96. The maximum Gasteiger partial charge on any atom is 1.00 e. The Hall–Kier alpha value is -3.58. The molecule has 0 amide bonds. The van der Waals surface area contributed by atoms with Crippen molar-refractivity contribution in [3.05, 3.63) is 55.0 Å². The van der Waals surface area contributed by atoms with Crippen molar-refractivity contribution in [2.45, 2.75) is 6.42 Å². The molecule has 2 aromatic carbocycles. The number of aliphatic carboxylic acids is 1. The first kappa shape index (κ1) is 27.0. The molecule has 0 aliphatic rings. The number of aromatic nitrogens is 4. The van der Waals surface area contributed by atoms with Crippen molar-refractivity contribution >= 4 is 28.4 Å². The third-order valence-electron chi connectivity index (χ3n) is 5.49. The van der Waals surface area contributed by atoms with Crippen LogP contribution in [0.25, 0.3) is 22.3 Å². The van der Waals surface area contributed by atoms with Crippen LogP contribution >= 0.6 is 0 Å². The SMILES string of the molecule is COc1cc(OC)cc(N(CCCNCC(=O)[O-])c2ccc3ncc(-c4cnn(C)c4)nc3c2)c1.[Li+]. The molecule has 4 rings (SSSR count). The Kier molecular flexibility index (Phi) is 9.30. The summed E-state index contributed by atoms with van der Waals surface area (Å²) in [7, 11) is 5.08. The molecule has 36 heavy (non-hydrogen) atoms. The number of hydrogen-bond acceptors (Lipinski definition) is 9. The van der Waals surface area contributed by atoms with Gasteiger partial charge in [-0.05, 0) is 31.2 Å². The zero-order chi connectivity index (χ0) is 24.8. The molecule has 0 spiro atoms. The van der Waals surface area contributed by atoms with Gasteiger partial charge in [0, 0.05) is 61.5 Å². The number of benzene rings is 2. The largest absolute Gasteiger partial charge is 1.00 e. The molecule has 0 atom stereocenters. The number of carbonyl (C=O) groups excluding carboxylic acids is 1. The fourth-order valence-electron chi connectivity index (χ4n) is 3.77. The van der Waals surface area contributed by atoms with Gasteiger partial charge in [-0.2, -0.15) is 5.10 Å². The summed E-state index contributed by atoms with van der Waals surface area (Å²) in [6.07, 6.45) is 6.08. The molecule has 2 aromatic heterocycles. The molecule has 0 saturated carbocycles. The molecular formula is C25H27LiN6O4. The Morgan fingerprint density at radius 3 is 2.44 bits per heavy atom. The Labute approximate surface area is 221 Å². The first-order chi connectivity index (χ1) is 17.0. The predicted octanol–water partition coefficient (Wildman–Crippen LogP) is -1.08. The minimum Gasteiger partial charge on any atom is -0.549 e. The van der Waals surface area contributed by atoms with E-state index in [2.05, 4.69) is 20.3 Å². The van der Waals surface area contributed by atoms with Crippen molar-refractivity contribution in [2.24, 2.45) is 7.05 Å². The summed E-state index contributed by atoms with van der Waals surface area (Å²) in [5.74, 6) is 0.203. The number of nitrogens with one attached hydrogen (secondary N) is 1. The number of carboxylic acid groups (broad SMARTS) is 1. The normalized spacial score (nSPS) is 10.6. The fourth-order valence-corrected chi connectivity index (χ4v) is 3.77. The van der Waals surface area contributed by atoms with Gasteiger partial charge < -0.3 is 29.6 Å². The molecule has 0 fully saturated rings. The molecule has 0 saturated heterocycles. The van der Waals surface area contributed by atoms with Gasteiger partial charge in [0.25, 0.3) is 0 Å². The molecule has 0 bridgehead atoms. The van der Waals surface area contributed by atoms with Crippen molar-refractivity contribution in [1.82, 2.24) is 25.1 Å². The van der Waals surface area contributed by atoms with Crippen LogP contribution in [0.2, 0.25) is 0 Å². The van der Waals surface area contributed by atoms with Gasteiger partial charge in [0.2, 0.25) is 0 Å². The van der Waals surface area contributed by atoms with E-state index in [1.807, 2.05) is 49.6 Å². The van der Waals surface area contributed by atoms with Gasteiger partial charge >= 0.3 is 18.9 Å². The molecule has 0 radical (unpaired) electrons. The van der Waals surface area contributed by atoms with Gasteiger partial charge in [-0.1, -0.05) is 0 Å². The van der Waals surface area contributed by atoms with Crippen molar-refractivity contribution in [3.8, 4) is 22.8 Å². The van der Waals surface area contributed by atoms with Gasteiger partial charge in [0.05, 0.1) is 49.3 Å². The van der Waals surface area contributed by atoms with Gasteiger partial charge in [0.1, 0.15) is 11.5 Å². The molecule has 0 aliphatic heterocycles. The molecule has 1 N–H and O–H groups in total. The minimum absolute atomic E-state index is 0. The van der Waals surface area contributed by atoms with Crippen LogP contribution in [0.5, 0.6) is 11.5 Å². The summed E-state index contributed by atoms with van der Waals surface area (Å²) < 4.78 is 12.7. The zero-order valence-corrected chi connectivity index (χ0v) is 20.9. The Bertz CT molecular complexity index is 1310. The predicted molar refractivity (Wildman–Crippen MR) is 131 cm³/mol. The van der Waals surface area contributed by atoms with Gasteiger partial charge in [-0.3, -0.25) is 9.67 Å². The molecule has 11 heteroatoms. The number of fused-ring (bicyclic) bond motifs is 1. The van der Waals surface area contributed by atoms with Gasteiger partial charge in [-0.15, -0.1) is 0 Å². The maximum atomic E-state index is 10.7. The number of aryl methyl sites for hydroxylation is 1. The maximum absolute atomic E-state index is 10.7. The van der Waals surface area contributed by atoms with Crippen molar-refractivity contribution < 1.29 is 38.2 Å². The molecule has 0 unspecified atom stereocenters. The van der Waals surface area contributed by atoms with Crippen LogP contribution in [0, 0.1) is 0 Å². The molecule has 2 heterocycles. The first-order valence-electron chi connectivity index (χ1n) is 11.1. The van der Waals surface area contributed by atoms with Crippen LogP contribution in [0.15, 0.2) is 55.0 Å². The third-order valence-corrected chi connectivity index (χ3v) is 5.49. The number of carbonyl (C=O) groups is 1. The monoisotopic (exact) mass is 482 g/mol. The quantitative estimate of drug-likeness (QED) is 0.210. The van der Waals surface area contributed by atoms with Crippen LogP contribution in [0.1, 0.15) is 6.42 Å². The third kappa shape index (κ3) is 6.55. The van der Waals surface area contributed by atoms with Gasteiger partial charge in [-0.25, -0.2) is 4.98 Å². The Morgan fingerprint density at radius 1 is 1.06 bits per heavy atom. The van der Waals surface area contributed by atoms with Crippen LogP contribution in [0.4, 0.5) is 11.4 Å². The number of anilines is 2. The molecule has 10 nitrogen and oxygen atoms in total. The van der Waals surface area contributed by atoms with E-state index in [-0.39, 0.29) is 25.4 Å². The number of ether oxygens (including phenoxy) is 2. The molecule has 4 aromatic rings. The standard InChI is InChI=1S/C25H28N6O4.Li/c1-30-16-17(13-28-30)24-14-27-22-6-5-18(11-23(22)29-24)31(8-4-7-26-15-25(32)33)19-9-20(34-2)12-21(10-19)35-3;/h5-6,9-14,16,26H,4,7-8,15H2,1-3H3,(H,32,33);/q;+1/p-1. The average Bonchev–Trinajstić information content (AvgIpc) is 3.31. The summed E-state index contributed by atoms with van der Waals surface area (Å²) in [6, 6.07) is 11.6. The summed E-state index contributed by atoms with van der Waals surface area (Å²) in [6.45, 7) is 0.942. The van der Waals surface area contributed by atoms with E-state index in [4.69, 9.17) is 14.5 Å². The van der Waals surface area contributed by atoms with E-state index >= 15 is 0 Å². The summed E-state index contributed by atoms with van der Waals surface area (Å²) in [5.41, 5.74) is 4.94. The number of nitrogens with zero attached hydrogens (tertiary/aromatic N) is 5. The number of rotatable bonds is 11. The van der Waals surface area contributed by atoms with E-state index in [9.17, 15) is 9.90 Å². The Morgan fingerprint density at radius 2 is 1.81 bits per heavy atom. The van der Waals surface area contributed by atoms with Gasteiger partial charge in [0.15, 0.2) is 0 Å². The second-order valence-electron chi connectivity index (χ2n) is 7.96. The second kappa shape index (κ2) is 12.4. The van der Waals surface area contributed by atoms with E-state index in [1.165, 1.54) is 0 Å². The average molecular weight is 482 g/mol. The van der Waals surface area contributed by atoms with Crippen LogP contribution < -0.4 is 43.7 Å². The van der Waals surface area contributed by atoms with E-state index in [0.29, 0.717) is 31.0 Å². The van der Waals surface area contributed by atoms with Crippen molar-refractivity contribution in [1.29, 1.82) is 0 Å². The summed E-state index contributed by atoms with van der Waals surface area (Å²) >= 11 is 0. The van der Waals surface area contributed by atoms with Crippen LogP contribution in [0.3, 0.4) is 0 Å². The van der Waals surface area contributed by atoms with Crippen LogP contribution in [-0.2, 0) is 11.8 Å². The minimum atomic E-state index is -1.13. The number of methoxy groups -OCH3 is 2. The topological polar surface area (TPSA) is 117 Å². The smallest absolute Gasteiger partial charge is 0.549 e. The molecule has 0 aliphatic carbocycles. The Balaban J connectivity index is 0.00000361. The van der Waals surface area contributed by atoms with Crippen molar-refractivity contribution in [2.75, 3.05) is 38.8 Å². The number of hydrogen-bond donors (Lipinski definition) is 1. The van der Waals surface area contributed by atoms with Crippen molar-refractivity contribution in [3.63, 3.8) is 0 Å². The summed E-state index contributed by atoms with van der Waals surface area (Å²) in [5, 5.41) is 17.8. The molecular weight excluding hydrogens is 455 g/mol. The van der Waals surface area contributed by atoms with E-state index < -0.39 is 5.97 Å². The summed E-state index contributed by atoms with van der Waals surface area (Å²) in [4.78, 5) is 22.2.